The van der Waals surface area contributed by atoms with Gasteiger partial charge in [-0.05, 0) is 0 Å². The zero-order valence-corrected chi connectivity index (χ0v) is 10.9. The summed E-state index contributed by atoms with van der Waals surface area (Å²) in [6.07, 6.45) is -3.13. The molecule has 0 heterocycles. The monoisotopic (exact) mass is 349 g/mol. The molecular weight excluding hydrogens is 348 g/mol. The highest BCUT2D eigenvalue weighted by molar-refractivity contribution is 9.10. The molecule has 0 aliphatic heterocycles. The van der Waals surface area contributed by atoms with Crippen molar-refractivity contribution in [3.05, 3.63) is 32.3 Å². The summed E-state index contributed by atoms with van der Waals surface area (Å²) in [5.41, 5.74) is -1.55. The number of nitrogens with zero attached hydrogens (tertiary/aromatic N) is 1. The molecule has 10 heteroatoms. The molecule has 0 aromatic heterocycles. The molecular formula is C7H3BrClF2NO4S. The third-order valence-corrected chi connectivity index (χ3v) is 3.79. The van der Waals surface area contributed by atoms with Gasteiger partial charge in [0.1, 0.15) is 0 Å². The largest absolute Gasteiger partial charge is 0.271 e. The Morgan fingerprint density at radius 1 is 1.41 bits per heavy atom. The number of alkyl halides is 2. The topological polar surface area (TPSA) is 77.3 Å². The van der Waals surface area contributed by atoms with E-state index < -0.39 is 36.5 Å². The van der Waals surface area contributed by atoms with E-state index in [1.165, 1.54) is 0 Å². The first-order valence-electron chi connectivity index (χ1n) is 3.85. The number of benzene rings is 1. The maximum atomic E-state index is 12.6. The van der Waals surface area contributed by atoms with Crippen LogP contribution in [0.3, 0.4) is 0 Å². The van der Waals surface area contributed by atoms with Crippen LogP contribution in [-0.2, 0) is 9.05 Å². The van der Waals surface area contributed by atoms with Gasteiger partial charge in [0.05, 0.1) is 15.4 Å². The van der Waals surface area contributed by atoms with Crippen LogP contribution in [0.25, 0.3) is 0 Å². The second-order valence-corrected chi connectivity index (χ2v) is 6.22. The van der Waals surface area contributed by atoms with Crippen molar-refractivity contribution in [2.24, 2.45) is 0 Å². The first kappa shape index (κ1) is 14.3. The zero-order chi connectivity index (χ0) is 13.4. The lowest BCUT2D eigenvalue weighted by molar-refractivity contribution is -0.385. The molecule has 0 saturated heterocycles. The Morgan fingerprint density at radius 2 is 1.94 bits per heavy atom. The molecule has 0 unspecified atom stereocenters. The second-order valence-electron chi connectivity index (χ2n) is 2.84. The van der Waals surface area contributed by atoms with Crippen molar-refractivity contribution in [1.82, 2.24) is 0 Å². The molecule has 0 amide bonds. The van der Waals surface area contributed by atoms with Gasteiger partial charge in [0.25, 0.3) is 21.2 Å². The van der Waals surface area contributed by atoms with Crippen LogP contribution in [0.4, 0.5) is 14.5 Å². The van der Waals surface area contributed by atoms with Crippen molar-refractivity contribution in [3.63, 3.8) is 0 Å². The van der Waals surface area contributed by atoms with Crippen LogP contribution >= 0.6 is 26.6 Å². The first-order chi connectivity index (χ1) is 7.64. The molecule has 17 heavy (non-hydrogen) atoms. The quantitative estimate of drug-likeness (QED) is 0.476. The SMILES string of the molecule is O=[N+]([O-])c1cc(Br)c(C(F)F)c(S(=O)(=O)Cl)c1. The van der Waals surface area contributed by atoms with Crippen molar-refractivity contribution < 1.29 is 22.1 Å². The maximum Gasteiger partial charge on any atom is 0.271 e. The van der Waals surface area contributed by atoms with Gasteiger partial charge in [-0.25, -0.2) is 17.2 Å². The molecule has 1 rings (SSSR count). The van der Waals surface area contributed by atoms with E-state index in [4.69, 9.17) is 10.7 Å². The summed E-state index contributed by atoms with van der Waals surface area (Å²) in [5, 5.41) is 10.5. The number of non-ortho nitro benzene ring substituents is 1. The Hall–Kier alpha value is -0.800. The summed E-state index contributed by atoms with van der Waals surface area (Å²) in [6.45, 7) is 0. The Balaban J connectivity index is 3.69. The van der Waals surface area contributed by atoms with Crippen LogP contribution < -0.4 is 0 Å². The average molecular weight is 351 g/mol. The van der Waals surface area contributed by atoms with E-state index in [1.54, 1.807) is 0 Å². The smallest absolute Gasteiger partial charge is 0.258 e. The summed E-state index contributed by atoms with van der Waals surface area (Å²) in [6, 6.07) is 1.28. The fourth-order valence-corrected chi connectivity index (χ4v) is 2.96. The van der Waals surface area contributed by atoms with Gasteiger partial charge in [-0.1, -0.05) is 15.9 Å². The Bertz CT molecular complexity index is 577. The van der Waals surface area contributed by atoms with Gasteiger partial charge in [0.2, 0.25) is 0 Å². The predicted octanol–water partition coefficient (Wildman–Crippen LogP) is 3.22. The van der Waals surface area contributed by atoms with E-state index in [9.17, 15) is 27.3 Å². The van der Waals surface area contributed by atoms with Gasteiger partial charge in [-0.2, -0.15) is 0 Å². The average Bonchev–Trinajstić information content (AvgIpc) is 2.14. The number of hydrogen-bond donors (Lipinski definition) is 0. The van der Waals surface area contributed by atoms with Crippen LogP contribution in [0, 0.1) is 10.1 Å². The highest BCUT2D eigenvalue weighted by Gasteiger charge is 2.28. The van der Waals surface area contributed by atoms with E-state index in [2.05, 4.69) is 15.9 Å². The first-order valence-corrected chi connectivity index (χ1v) is 6.95. The fraction of sp³-hybridized carbons (Fsp3) is 0.143. The van der Waals surface area contributed by atoms with Gasteiger partial charge in [-0.15, -0.1) is 0 Å². The Morgan fingerprint density at radius 3 is 2.29 bits per heavy atom. The van der Waals surface area contributed by atoms with E-state index in [-0.39, 0.29) is 4.47 Å². The minimum absolute atomic E-state index is 0.388. The molecule has 0 aliphatic carbocycles. The lowest BCUT2D eigenvalue weighted by Gasteiger charge is -2.08. The zero-order valence-electron chi connectivity index (χ0n) is 7.73. The molecule has 0 atom stereocenters. The molecule has 0 N–H and O–H groups in total. The second kappa shape index (κ2) is 4.83. The molecule has 0 bridgehead atoms. The highest BCUT2D eigenvalue weighted by Crippen LogP contribution is 2.37. The van der Waals surface area contributed by atoms with Crippen LogP contribution in [0.15, 0.2) is 21.5 Å². The molecule has 0 saturated carbocycles. The van der Waals surface area contributed by atoms with Gasteiger partial charge < -0.3 is 0 Å². The van der Waals surface area contributed by atoms with Gasteiger partial charge in [0.15, 0.2) is 0 Å². The van der Waals surface area contributed by atoms with E-state index in [0.29, 0.717) is 6.07 Å². The van der Waals surface area contributed by atoms with E-state index in [1.807, 2.05) is 0 Å². The molecule has 94 valence electrons. The minimum atomic E-state index is -4.50. The van der Waals surface area contributed by atoms with Gasteiger partial charge >= 0.3 is 0 Å². The summed E-state index contributed by atoms with van der Waals surface area (Å²) in [4.78, 5) is 8.59. The summed E-state index contributed by atoms with van der Waals surface area (Å²) in [5.74, 6) is 0. The minimum Gasteiger partial charge on any atom is -0.258 e. The molecule has 1 aromatic rings. The molecule has 0 radical (unpaired) electrons. The van der Waals surface area contributed by atoms with Gasteiger partial charge in [0, 0.05) is 27.3 Å². The van der Waals surface area contributed by atoms with Crippen LogP contribution in [0.5, 0.6) is 0 Å². The number of nitro benzene ring substituents is 1. The van der Waals surface area contributed by atoms with E-state index in [0.717, 1.165) is 6.07 Å². The highest BCUT2D eigenvalue weighted by atomic mass is 79.9. The standard InChI is InChI=1S/C7H3BrClF2NO4S/c8-4-1-3(12(13)14)2-5(17(9,15)16)6(4)7(10)11/h1-2,7H. The fourth-order valence-electron chi connectivity index (χ4n) is 1.10. The Labute approximate surface area is 107 Å². The van der Waals surface area contributed by atoms with Crippen molar-refractivity contribution in [3.8, 4) is 0 Å². The van der Waals surface area contributed by atoms with Crippen molar-refractivity contribution in [1.29, 1.82) is 0 Å². The summed E-state index contributed by atoms with van der Waals surface area (Å²) < 4.78 is 47.0. The summed E-state index contributed by atoms with van der Waals surface area (Å²) in [7, 11) is 0.453. The third-order valence-electron chi connectivity index (χ3n) is 1.77. The van der Waals surface area contributed by atoms with E-state index >= 15 is 0 Å². The molecule has 0 aliphatic rings. The van der Waals surface area contributed by atoms with Crippen molar-refractivity contribution in [2.45, 2.75) is 11.3 Å². The van der Waals surface area contributed by atoms with Crippen LogP contribution in [-0.4, -0.2) is 13.3 Å². The number of nitro groups is 1. The van der Waals surface area contributed by atoms with Crippen LogP contribution in [0.1, 0.15) is 12.0 Å². The lowest BCUT2D eigenvalue weighted by Crippen LogP contribution is -2.02. The number of hydrogen-bond acceptors (Lipinski definition) is 4. The molecule has 5 nitrogen and oxygen atoms in total. The predicted molar refractivity (Wildman–Crippen MR) is 58.8 cm³/mol. The normalized spacial score (nSPS) is 11.8. The third kappa shape index (κ3) is 3.11. The van der Waals surface area contributed by atoms with Crippen molar-refractivity contribution >= 4 is 41.4 Å². The molecule has 0 spiro atoms. The maximum absolute atomic E-state index is 12.6. The number of rotatable bonds is 3. The molecule has 0 fully saturated rings. The van der Waals surface area contributed by atoms with Crippen molar-refractivity contribution in [2.75, 3.05) is 0 Å². The molecule has 1 aromatic carbocycles. The van der Waals surface area contributed by atoms with Crippen LogP contribution in [0.2, 0.25) is 0 Å². The Kier molecular flexibility index (Phi) is 4.05. The summed E-state index contributed by atoms with van der Waals surface area (Å²) >= 11 is 2.65. The van der Waals surface area contributed by atoms with Gasteiger partial charge in [-0.3, -0.25) is 10.1 Å². The number of halogens is 4. The lowest BCUT2D eigenvalue weighted by atomic mass is 10.2.